The van der Waals surface area contributed by atoms with Crippen molar-refractivity contribution in [3.05, 3.63) is 16.1 Å². The van der Waals surface area contributed by atoms with Gasteiger partial charge in [-0.25, -0.2) is 4.98 Å². The molecule has 4 nitrogen and oxygen atoms in total. The lowest BCUT2D eigenvalue weighted by Gasteiger charge is -2.23. The summed E-state index contributed by atoms with van der Waals surface area (Å²) >= 11 is 1.65. The van der Waals surface area contributed by atoms with Crippen molar-refractivity contribution >= 4 is 11.3 Å². The lowest BCUT2D eigenvalue weighted by molar-refractivity contribution is -0.00171. The van der Waals surface area contributed by atoms with E-state index in [0.29, 0.717) is 13.2 Å². The molecule has 2 rings (SSSR count). The van der Waals surface area contributed by atoms with Crippen LogP contribution >= 0.6 is 11.3 Å². The van der Waals surface area contributed by atoms with Gasteiger partial charge < -0.3 is 15.2 Å². The van der Waals surface area contributed by atoms with Crippen LogP contribution in [0.15, 0.2) is 5.38 Å². The average molecular weight is 256 g/mol. The maximum atomic E-state index is 6.00. The van der Waals surface area contributed by atoms with E-state index in [0.717, 1.165) is 17.1 Å². The van der Waals surface area contributed by atoms with Crippen molar-refractivity contribution < 1.29 is 9.47 Å². The predicted molar refractivity (Wildman–Crippen MR) is 68.3 cm³/mol. The third-order valence-electron chi connectivity index (χ3n) is 3.60. The van der Waals surface area contributed by atoms with Gasteiger partial charge in [-0.05, 0) is 13.3 Å². The van der Waals surface area contributed by atoms with Crippen LogP contribution in [0.1, 0.15) is 36.9 Å². The second-order valence-corrected chi connectivity index (χ2v) is 5.53. The number of nitrogens with zero attached hydrogens (tertiary/aromatic N) is 1. The van der Waals surface area contributed by atoms with E-state index >= 15 is 0 Å². The van der Waals surface area contributed by atoms with E-state index < -0.39 is 0 Å². The molecule has 1 aromatic heterocycles. The van der Waals surface area contributed by atoms with Crippen LogP contribution in [0.5, 0.6) is 0 Å². The first-order valence-electron chi connectivity index (χ1n) is 5.95. The standard InChI is InChI=1S/C12H20N2O2S/c1-4-12(2,15-3)11-14-10(7-17-11)8-5-16-6-9(8)13/h7-9H,4-6,13H2,1-3H3. The minimum Gasteiger partial charge on any atom is -0.379 e. The highest BCUT2D eigenvalue weighted by Crippen LogP contribution is 2.33. The van der Waals surface area contributed by atoms with Gasteiger partial charge >= 0.3 is 0 Å². The monoisotopic (exact) mass is 256 g/mol. The lowest BCUT2D eigenvalue weighted by Crippen LogP contribution is -2.27. The molecule has 0 aliphatic carbocycles. The van der Waals surface area contributed by atoms with Gasteiger partial charge in [-0.2, -0.15) is 0 Å². The van der Waals surface area contributed by atoms with Crippen LogP contribution < -0.4 is 5.73 Å². The molecule has 0 amide bonds. The summed E-state index contributed by atoms with van der Waals surface area (Å²) in [6.45, 7) is 5.49. The normalized spacial score (nSPS) is 28.2. The highest BCUT2D eigenvalue weighted by molar-refractivity contribution is 7.09. The Kier molecular flexibility index (Phi) is 3.82. The third-order valence-corrected chi connectivity index (χ3v) is 4.71. The number of methoxy groups -OCH3 is 1. The van der Waals surface area contributed by atoms with E-state index in [-0.39, 0.29) is 17.6 Å². The predicted octanol–water partition coefficient (Wildman–Crippen LogP) is 1.86. The molecular weight excluding hydrogens is 236 g/mol. The lowest BCUT2D eigenvalue weighted by atomic mass is 10.0. The van der Waals surface area contributed by atoms with Gasteiger partial charge in [0.05, 0.1) is 18.9 Å². The summed E-state index contributed by atoms with van der Waals surface area (Å²) < 4.78 is 10.9. The fourth-order valence-electron chi connectivity index (χ4n) is 1.96. The Hall–Kier alpha value is -0.490. The molecule has 2 heterocycles. The maximum Gasteiger partial charge on any atom is 0.125 e. The van der Waals surface area contributed by atoms with Crippen molar-refractivity contribution in [2.75, 3.05) is 20.3 Å². The van der Waals surface area contributed by atoms with Gasteiger partial charge in [0.1, 0.15) is 10.6 Å². The van der Waals surface area contributed by atoms with E-state index in [4.69, 9.17) is 15.2 Å². The van der Waals surface area contributed by atoms with Gasteiger partial charge in [0.15, 0.2) is 0 Å². The van der Waals surface area contributed by atoms with Crippen LogP contribution in [0.3, 0.4) is 0 Å². The Bertz CT molecular complexity index is 376. The van der Waals surface area contributed by atoms with Crippen LogP contribution in [0.25, 0.3) is 0 Å². The maximum absolute atomic E-state index is 6.00. The topological polar surface area (TPSA) is 57.4 Å². The van der Waals surface area contributed by atoms with E-state index in [1.807, 2.05) is 0 Å². The number of rotatable bonds is 4. The molecule has 3 unspecified atom stereocenters. The van der Waals surface area contributed by atoms with Crippen molar-refractivity contribution in [2.24, 2.45) is 5.73 Å². The fraction of sp³-hybridized carbons (Fsp3) is 0.750. The first kappa shape index (κ1) is 13.0. The van der Waals surface area contributed by atoms with Crippen molar-refractivity contribution in [3.63, 3.8) is 0 Å². The first-order chi connectivity index (χ1) is 8.10. The largest absolute Gasteiger partial charge is 0.379 e. The van der Waals surface area contributed by atoms with E-state index in [1.54, 1.807) is 18.4 Å². The summed E-state index contributed by atoms with van der Waals surface area (Å²) in [5.74, 6) is 0.234. The van der Waals surface area contributed by atoms with Crippen LogP contribution in [0, 0.1) is 0 Å². The number of aromatic nitrogens is 1. The Labute approximate surface area is 106 Å². The van der Waals surface area contributed by atoms with Crippen LogP contribution in [-0.2, 0) is 15.1 Å². The van der Waals surface area contributed by atoms with Crippen molar-refractivity contribution in [3.8, 4) is 0 Å². The molecule has 5 heteroatoms. The number of hydrogen-bond donors (Lipinski definition) is 1. The van der Waals surface area contributed by atoms with Gasteiger partial charge in [-0.3, -0.25) is 0 Å². The molecule has 1 aromatic rings. The SMILES string of the molecule is CCC(C)(OC)c1nc(C2COCC2N)cs1. The zero-order chi connectivity index (χ0) is 12.5. The summed E-state index contributed by atoms with van der Waals surface area (Å²) in [4.78, 5) is 4.69. The molecule has 2 N–H and O–H groups in total. The van der Waals surface area contributed by atoms with E-state index in [9.17, 15) is 0 Å². The van der Waals surface area contributed by atoms with Crippen molar-refractivity contribution in [1.29, 1.82) is 0 Å². The molecule has 1 aliphatic rings. The molecular formula is C12H20N2O2S. The van der Waals surface area contributed by atoms with Crippen LogP contribution in [0.4, 0.5) is 0 Å². The summed E-state index contributed by atoms with van der Waals surface area (Å²) in [5.41, 5.74) is 6.77. The average Bonchev–Trinajstić information content (AvgIpc) is 2.96. The molecule has 17 heavy (non-hydrogen) atoms. The number of ether oxygens (including phenoxy) is 2. The van der Waals surface area contributed by atoms with Crippen LogP contribution in [0.2, 0.25) is 0 Å². The summed E-state index contributed by atoms with van der Waals surface area (Å²) in [5, 5.41) is 3.11. The molecule has 96 valence electrons. The third kappa shape index (κ3) is 2.38. The quantitative estimate of drug-likeness (QED) is 0.893. The molecule has 0 saturated carbocycles. The minimum absolute atomic E-state index is 0.0698. The van der Waals surface area contributed by atoms with E-state index in [1.165, 1.54) is 0 Å². The van der Waals surface area contributed by atoms with Gasteiger partial charge in [0.25, 0.3) is 0 Å². The Morgan fingerprint density at radius 3 is 2.94 bits per heavy atom. The summed E-state index contributed by atoms with van der Waals surface area (Å²) in [7, 11) is 1.73. The summed E-state index contributed by atoms with van der Waals surface area (Å²) in [6.07, 6.45) is 0.906. The van der Waals surface area contributed by atoms with Gasteiger partial charge in [0, 0.05) is 24.4 Å². The highest BCUT2D eigenvalue weighted by Gasteiger charge is 2.32. The molecule has 0 aromatic carbocycles. The second-order valence-electron chi connectivity index (χ2n) is 4.67. The van der Waals surface area contributed by atoms with Crippen molar-refractivity contribution in [1.82, 2.24) is 4.98 Å². The Balaban J connectivity index is 2.21. The fourth-order valence-corrected chi connectivity index (χ4v) is 3.05. The first-order valence-corrected chi connectivity index (χ1v) is 6.83. The molecule has 0 spiro atoms. The van der Waals surface area contributed by atoms with Crippen LogP contribution in [-0.4, -0.2) is 31.3 Å². The number of nitrogens with two attached hydrogens (primary N) is 1. The van der Waals surface area contributed by atoms with Gasteiger partial charge in [-0.15, -0.1) is 11.3 Å². The molecule has 0 radical (unpaired) electrons. The van der Waals surface area contributed by atoms with Gasteiger partial charge in [-0.1, -0.05) is 6.92 Å². The molecule has 3 atom stereocenters. The van der Waals surface area contributed by atoms with E-state index in [2.05, 4.69) is 24.2 Å². The number of hydrogen-bond acceptors (Lipinski definition) is 5. The molecule has 1 fully saturated rings. The minimum atomic E-state index is -0.285. The smallest absolute Gasteiger partial charge is 0.125 e. The Morgan fingerprint density at radius 1 is 1.65 bits per heavy atom. The zero-order valence-electron chi connectivity index (χ0n) is 10.6. The molecule has 0 bridgehead atoms. The highest BCUT2D eigenvalue weighted by atomic mass is 32.1. The Morgan fingerprint density at radius 2 is 2.41 bits per heavy atom. The number of thiazole rings is 1. The van der Waals surface area contributed by atoms with Gasteiger partial charge in [0.2, 0.25) is 0 Å². The molecule has 1 aliphatic heterocycles. The summed E-state index contributed by atoms with van der Waals surface area (Å²) in [6, 6.07) is 0.0698. The zero-order valence-corrected chi connectivity index (χ0v) is 11.4. The second kappa shape index (κ2) is 5.02. The molecule has 1 saturated heterocycles. The van der Waals surface area contributed by atoms with Crippen molar-refractivity contribution in [2.45, 2.75) is 37.8 Å².